The molecule has 0 aromatic rings. The minimum absolute atomic E-state index is 0.824. The summed E-state index contributed by atoms with van der Waals surface area (Å²) in [7, 11) is 0. The summed E-state index contributed by atoms with van der Waals surface area (Å²) in [6.07, 6.45) is 4.79. The number of nitrogens with two attached hydrogens (primary N) is 2. The Morgan fingerprint density at radius 1 is 0.542 bits per heavy atom. The number of carboxylic acids is 4. The predicted octanol–water partition coefficient (Wildman–Crippen LogP) is 0.828. The second-order valence-corrected chi connectivity index (χ2v) is 4.07. The van der Waals surface area contributed by atoms with Gasteiger partial charge in [0.25, 0.3) is 23.9 Å². The molecule has 0 bridgehead atoms. The highest BCUT2D eigenvalue weighted by atomic mass is 16.4. The standard InChI is InChI=1S/C6H16N2.4C2H4O2/c7-5-3-1-2-4-6-8;4*1-2(3)4/h1-8H2;4*1H3,(H,3,4). The van der Waals surface area contributed by atoms with Crippen LogP contribution >= 0.6 is 0 Å². The molecular weight excluding hydrogens is 324 g/mol. The fraction of sp³-hybridized carbons (Fsp3) is 0.714. The van der Waals surface area contributed by atoms with E-state index in [2.05, 4.69) is 0 Å². The number of hydrogen-bond donors (Lipinski definition) is 6. The van der Waals surface area contributed by atoms with Gasteiger partial charge in [-0.1, -0.05) is 12.8 Å². The van der Waals surface area contributed by atoms with Crippen molar-refractivity contribution in [2.75, 3.05) is 13.1 Å². The van der Waals surface area contributed by atoms with E-state index in [1.54, 1.807) is 0 Å². The summed E-state index contributed by atoms with van der Waals surface area (Å²) in [5.41, 5.74) is 10.6. The number of hydrogen-bond acceptors (Lipinski definition) is 6. The van der Waals surface area contributed by atoms with E-state index in [9.17, 15) is 0 Å². The van der Waals surface area contributed by atoms with Gasteiger partial charge in [0.15, 0.2) is 0 Å². The van der Waals surface area contributed by atoms with Crippen molar-refractivity contribution < 1.29 is 39.6 Å². The first-order valence-electron chi connectivity index (χ1n) is 7.03. The van der Waals surface area contributed by atoms with Gasteiger partial charge in [-0.15, -0.1) is 0 Å². The molecule has 0 heterocycles. The van der Waals surface area contributed by atoms with Crippen molar-refractivity contribution in [2.45, 2.75) is 53.4 Å². The molecule has 0 saturated carbocycles. The van der Waals surface area contributed by atoms with E-state index in [4.69, 9.17) is 51.1 Å². The first kappa shape index (κ1) is 33.4. The second kappa shape index (κ2) is 32.7. The molecule has 0 aliphatic heterocycles. The lowest BCUT2D eigenvalue weighted by atomic mass is 10.2. The second-order valence-electron chi connectivity index (χ2n) is 4.07. The maximum Gasteiger partial charge on any atom is 0.300 e. The van der Waals surface area contributed by atoms with Crippen LogP contribution in [0.3, 0.4) is 0 Å². The fourth-order valence-corrected chi connectivity index (χ4v) is 0.642. The Labute approximate surface area is 142 Å². The maximum absolute atomic E-state index is 9.00. The first-order valence-corrected chi connectivity index (χ1v) is 7.03. The lowest BCUT2D eigenvalue weighted by Gasteiger charge is -1.94. The number of carboxylic acid groups (broad SMARTS) is 4. The van der Waals surface area contributed by atoms with Gasteiger partial charge >= 0.3 is 0 Å². The minimum Gasteiger partial charge on any atom is -0.481 e. The smallest absolute Gasteiger partial charge is 0.300 e. The van der Waals surface area contributed by atoms with Crippen molar-refractivity contribution >= 4 is 23.9 Å². The van der Waals surface area contributed by atoms with E-state index in [1.165, 1.54) is 12.8 Å². The molecule has 10 nitrogen and oxygen atoms in total. The summed E-state index contributed by atoms with van der Waals surface area (Å²) >= 11 is 0. The molecule has 0 spiro atoms. The molecular formula is C14H32N2O8. The van der Waals surface area contributed by atoms with Crippen LogP contribution < -0.4 is 11.5 Å². The van der Waals surface area contributed by atoms with E-state index in [-0.39, 0.29) is 0 Å². The van der Waals surface area contributed by atoms with Crippen LogP contribution in [0.2, 0.25) is 0 Å². The monoisotopic (exact) mass is 356 g/mol. The molecule has 0 fully saturated rings. The average Bonchev–Trinajstić information content (AvgIpc) is 2.32. The molecule has 0 amide bonds. The van der Waals surface area contributed by atoms with Crippen molar-refractivity contribution in [2.24, 2.45) is 11.5 Å². The zero-order valence-electron chi connectivity index (χ0n) is 14.8. The molecule has 8 N–H and O–H groups in total. The van der Waals surface area contributed by atoms with Crippen molar-refractivity contribution in [3.05, 3.63) is 0 Å². The Morgan fingerprint density at radius 2 is 0.667 bits per heavy atom. The Morgan fingerprint density at radius 3 is 0.750 bits per heavy atom. The minimum atomic E-state index is -0.833. The summed E-state index contributed by atoms with van der Waals surface area (Å²) in [4.78, 5) is 36.0. The van der Waals surface area contributed by atoms with Crippen LogP contribution in [0, 0.1) is 0 Å². The lowest BCUT2D eigenvalue weighted by molar-refractivity contribution is -0.135. The van der Waals surface area contributed by atoms with Crippen molar-refractivity contribution in [3.8, 4) is 0 Å². The molecule has 0 saturated heterocycles. The van der Waals surface area contributed by atoms with Gasteiger partial charge in [-0.25, -0.2) is 0 Å². The van der Waals surface area contributed by atoms with E-state index in [0.717, 1.165) is 53.6 Å². The van der Waals surface area contributed by atoms with Crippen LogP contribution in [0.1, 0.15) is 53.4 Å². The topological polar surface area (TPSA) is 201 Å². The third-order valence-corrected chi connectivity index (χ3v) is 1.16. The fourth-order valence-electron chi connectivity index (χ4n) is 0.642. The van der Waals surface area contributed by atoms with Crippen molar-refractivity contribution in [1.82, 2.24) is 0 Å². The summed E-state index contributed by atoms with van der Waals surface area (Å²) in [6.45, 7) is 5.98. The SMILES string of the molecule is CC(=O)O.CC(=O)O.CC(=O)O.CC(=O)O.NCCCCCCN. The largest absolute Gasteiger partial charge is 0.481 e. The van der Waals surface area contributed by atoms with Crippen LogP contribution in [-0.4, -0.2) is 57.4 Å². The quantitative estimate of drug-likeness (QED) is 0.383. The molecule has 0 aromatic carbocycles. The lowest BCUT2D eigenvalue weighted by Crippen LogP contribution is -2.00. The van der Waals surface area contributed by atoms with Gasteiger partial charge in [-0.05, 0) is 25.9 Å². The summed E-state index contributed by atoms with van der Waals surface area (Å²) in [5, 5.41) is 29.7. The Kier molecular flexibility index (Phi) is 45.5. The molecule has 0 unspecified atom stereocenters. The van der Waals surface area contributed by atoms with E-state index in [1.807, 2.05) is 0 Å². The van der Waals surface area contributed by atoms with Gasteiger partial charge in [0, 0.05) is 27.7 Å². The molecule has 146 valence electrons. The highest BCUT2D eigenvalue weighted by Crippen LogP contribution is 1.95. The van der Waals surface area contributed by atoms with Gasteiger partial charge in [0.1, 0.15) is 0 Å². The zero-order valence-corrected chi connectivity index (χ0v) is 14.8. The molecule has 0 radical (unpaired) electrons. The molecule has 0 rings (SSSR count). The van der Waals surface area contributed by atoms with Crippen LogP contribution in [0.4, 0.5) is 0 Å². The number of unbranched alkanes of at least 4 members (excludes halogenated alkanes) is 3. The zero-order chi connectivity index (χ0) is 20.6. The third kappa shape index (κ3) is 893. The molecule has 0 aliphatic rings. The Bertz CT molecular complexity index is 239. The summed E-state index contributed by atoms with van der Waals surface area (Å²) < 4.78 is 0. The van der Waals surface area contributed by atoms with Crippen molar-refractivity contribution in [1.29, 1.82) is 0 Å². The molecule has 0 atom stereocenters. The normalized spacial score (nSPS) is 7.42. The van der Waals surface area contributed by atoms with E-state index >= 15 is 0 Å². The van der Waals surface area contributed by atoms with Gasteiger partial charge in [0.2, 0.25) is 0 Å². The number of aliphatic carboxylic acids is 4. The van der Waals surface area contributed by atoms with E-state index < -0.39 is 23.9 Å². The van der Waals surface area contributed by atoms with E-state index in [0.29, 0.717) is 0 Å². The van der Waals surface area contributed by atoms with Crippen LogP contribution in [0.15, 0.2) is 0 Å². The van der Waals surface area contributed by atoms with Gasteiger partial charge in [-0.2, -0.15) is 0 Å². The highest BCUT2D eigenvalue weighted by Gasteiger charge is 1.83. The van der Waals surface area contributed by atoms with Crippen LogP contribution in [0.5, 0.6) is 0 Å². The summed E-state index contributed by atoms with van der Waals surface area (Å²) in [5.74, 6) is -3.33. The van der Waals surface area contributed by atoms with Gasteiger partial charge in [-0.3, -0.25) is 19.2 Å². The Balaban J connectivity index is -0.0000000657. The third-order valence-electron chi connectivity index (χ3n) is 1.16. The van der Waals surface area contributed by atoms with Gasteiger partial charge in [0.05, 0.1) is 0 Å². The van der Waals surface area contributed by atoms with Crippen LogP contribution in [-0.2, 0) is 19.2 Å². The van der Waals surface area contributed by atoms with Crippen molar-refractivity contribution in [3.63, 3.8) is 0 Å². The Hall–Kier alpha value is -2.20. The maximum atomic E-state index is 9.00. The molecule has 0 aromatic heterocycles. The molecule has 0 aliphatic carbocycles. The van der Waals surface area contributed by atoms with Gasteiger partial charge < -0.3 is 31.9 Å². The number of carbonyl (C=O) groups is 4. The number of rotatable bonds is 5. The molecule has 10 heteroatoms. The highest BCUT2D eigenvalue weighted by molar-refractivity contribution is 5.63. The predicted molar refractivity (Wildman–Crippen MR) is 89.8 cm³/mol. The first-order chi connectivity index (χ1) is 10.8. The summed E-state index contributed by atoms with van der Waals surface area (Å²) in [6, 6.07) is 0. The molecule has 24 heavy (non-hydrogen) atoms. The van der Waals surface area contributed by atoms with Crippen LogP contribution in [0.25, 0.3) is 0 Å². The average molecular weight is 356 g/mol.